The molecule has 3 rings (SSSR count). The van der Waals surface area contributed by atoms with Crippen LogP contribution in [-0.4, -0.2) is 17.4 Å². The van der Waals surface area contributed by atoms with E-state index in [9.17, 15) is 4.79 Å². The van der Waals surface area contributed by atoms with E-state index in [-0.39, 0.29) is 5.91 Å². The number of aromatic nitrogens is 1. The molecule has 2 aromatic rings. The average Bonchev–Trinajstić information content (AvgIpc) is 2.91. The summed E-state index contributed by atoms with van der Waals surface area (Å²) in [5.74, 6) is 0.910. The topological polar surface area (TPSA) is 45.2 Å². The molecule has 1 N–H and O–H groups in total. The van der Waals surface area contributed by atoms with Crippen LogP contribution in [0.15, 0.2) is 42.6 Å². The monoisotopic (exact) mass is 295 g/mol. The van der Waals surface area contributed by atoms with Crippen molar-refractivity contribution in [2.45, 2.75) is 27.2 Å². The molecule has 2 heterocycles. The standard InChI is InChI=1S/C18H21N3O/c1-18(2,3)17(22)20-14-8-9-16(19-12-14)21-11-10-13-6-4-5-7-15(13)21/h4-9,12H,10-11H2,1-3H3,(H,20,22). The number of benzene rings is 1. The minimum atomic E-state index is -0.410. The third-order valence-corrected chi connectivity index (χ3v) is 3.85. The highest BCUT2D eigenvalue weighted by Gasteiger charge is 2.22. The summed E-state index contributed by atoms with van der Waals surface area (Å²) in [5, 5.41) is 2.90. The molecule has 1 amide bonds. The molecule has 1 aliphatic heterocycles. The zero-order valence-electron chi connectivity index (χ0n) is 13.3. The van der Waals surface area contributed by atoms with Crippen molar-refractivity contribution < 1.29 is 4.79 Å². The molecular weight excluding hydrogens is 274 g/mol. The second-order valence-corrected chi connectivity index (χ2v) is 6.64. The lowest BCUT2D eigenvalue weighted by atomic mass is 9.96. The summed E-state index contributed by atoms with van der Waals surface area (Å²) in [6.07, 6.45) is 2.76. The number of hydrogen-bond acceptors (Lipinski definition) is 3. The van der Waals surface area contributed by atoms with Crippen molar-refractivity contribution in [3.63, 3.8) is 0 Å². The van der Waals surface area contributed by atoms with Crippen LogP contribution in [0.25, 0.3) is 0 Å². The highest BCUT2D eigenvalue weighted by molar-refractivity contribution is 5.94. The van der Waals surface area contributed by atoms with Crippen LogP contribution in [0.3, 0.4) is 0 Å². The van der Waals surface area contributed by atoms with E-state index in [1.165, 1.54) is 11.3 Å². The predicted molar refractivity (Wildman–Crippen MR) is 89.5 cm³/mol. The van der Waals surface area contributed by atoms with E-state index in [1.54, 1.807) is 6.20 Å². The molecule has 0 fully saturated rings. The molecule has 0 saturated carbocycles. The fraction of sp³-hybridized carbons (Fsp3) is 0.333. The second kappa shape index (κ2) is 5.44. The molecule has 4 heteroatoms. The highest BCUT2D eigenvalue weighted by atomic mass is 16.2. The van der Waals surface area contributed by atoms with Crippen LogP contribution in [-0.2, 0) is 11.2 Å². The lowest BCUT2D eigenvalue weighted by molar-refractivity contribution is -0.123. The molecule has 0 saturated heterocycles. The Morgan fingerprint density at radius 2 is 1.95 bits per heavy atom. The van der Waals surface area contributed by atoms with Gasteiger partial charge in [-0.15, -0.1) is 0 Å². The molecule has 1 aromatic heterocycles. The zero-order chi connectivity index (χ0) is 15.7. The van der Waals surface area contributed by atoms with E-state index >= 15 is 0 Å². The molecule has 0 unspecified atom stereocenters. The van der Waals surface area contributed by atoms with Crippen LogP contribution in [0.5, 0.6) is 0 Å². The molecular formula is C18H21N3O. The minimum absolute atomic E-state index is 0.00596. The van der Waals surface area contributed by atoms with Crippen LogP contribution in [0.2, 0.25) is 0 Å². The highest BCUT2D eigenvalue weighted by Crippen LogP contribution is 2.33. The number of carbonyl (C=O) groups excluding carboxylic acids is 1. The SMILES string of the molecule is CC(C)(C)C(=O)Nc1ccc(N2CCc3ccccc32)nc1. The summed E-state index contributed by atoms with van der Waals surface area (Å²) < 4.78 is 0. The van der Waals surface area contributed by atoms with E-state index in [1.807, 2.05) is 32.9 Å². The van der Waals surface area contributed by atoms with Gasteiger partial charge in [0.15, 0.2) is 0 Å². The molecule has 4 nitrogen and oxygen atoms in total. The Balaban J connectivity index is 1.77. The normalized spacial score (nSPS) is 13.9. The Morgan fingerprint density at radius 3 is 2.64 bits per heavy atom. The quantitative estimate of drug-likeness (QED) is 0.917. The summed E-state index contributed by atoms with van der Waals surface area (Å²) in [6, 6.07) is 12.3. The fourth-order valence-electron chi connectivity index (χ4n) is 2.51. The first-order valence-corrected chi connectivity index (χ1v) is 7.58. The summed E-state index contributed by atoms with van der Waals surface area (Å²) >= 11 is 0. The predicted octanol–water partition coefficient (Wildman–Crippen LogP) is 3.76. The molecule has 0 spiro atoms. The first-order chi connectivity index (χ1) is 10.4. The second-order valence-electron chi connectivity index (χ2n) is 6.64. The van der Waals surface area contributed by atoms with Crippen LogP contribution in [0.4, 0.5) is 17.2 Å². The molecule has 0 atom stereocenters. The summed E-state index contributed by atoms with van der Waals surface area (Å²) in [5.41, 5.74) is 2.90. The van der Waals surface area contributed by atoms with Gasteiger partial charge in [-0.3, -0.25) is 4.79 Å². The minimum Gasteiger partial charge on any atom is -0.326 e. The first kappa shape index (κ1) is 14.6. The van der Waals surface area contributed by atoms with Crippen molar-refractivity contribution in [2.75, 3.05) is 16.8 Å². The summed E-state index contributed by atoms with van der Waals surface area (Å²) in [6.45, 7) is 6.63. The summed E-state index contributed by atoms with van der Waals surface area (Å²) in [7, 11) is 0. The molecule has 0 radical (unpaired) electrons. The van der Waals surface area contributed by atoms with Gasteiger partial charge in [-0.25, -0.2) is 4.98 Å². The van der Waals surface area contributed by atoms with Crippen LogP contribution in [0.1, 0.15) is 26.3 Å². The summed E-state index contributed by atoms with van der Waals surface area (Å²) in [4.78, 5) is 18.7. The van der Waals surface area contributed by atoms with Crippen molar-refractivity contribution in [1.82, 2.24) is 4.98 Å². The van der Waals surface area contributed by atoms with Crippen molar-refractivity contribution in [3.05, 3.63) is 48.2 Å². The Labute approximate surface area is 131 Å². The number of nitrogens with one attached hydrogen (secondary N) is 1. The van der Waals surface area contributed by atoms with Gasteiger partial charge in [0.05, 0.1) is 11.9 Å². The maximum atomic E-state index is 12.0. The Kier molecular flexibility index (Phi) is 3.61. The maximum Gasteiger partial charge on any atom is 0.229 e. The van der Waals surface area contributed by atoms with Crippen LogP contribution in [0, 0.1) is 5.41 Å². The third-order valence-electron chi connectivity index (χ3n) is 3.85. The smallest absolute Gasteiger partial charge is 0.229 e. The number of hydrogen-bond donors (Lipinski definition) is 1. The van der Waals surface area contributed by atoms with Gasteiger partial charge in [-0.2, -0.15) is 0 Å². The van der Waals surface area contributed by atoms with E-state index in [0.29, 0.717) is 0 Å². The number of anilines is 3. The van der Waals surface area contributed by atoms with Crippen LogP contribution < -0.4 is 10.2 Å². The largest absolute Gasteiger partial charge is 0.326 e. The number of amides is 1. The van der Waals surface area contributed by atoms with Crippen molar-refractivity contribution in [3.8, 4) is 0 Å². The molecule has 114 valence electrons. The van der Waals surface area contributed by atoms with Gasteiger partial charge in [0.25, 0.3) is 0 Å². The van der Waals surface area contributed by atoms with Gasteiger partial charge in [-0.05, 0) is 30.2 Å². The Hall–Kier alpha value is -2.36. The fourth-order valence-corrected chi connectivity index (χ4v) is 2.51. The van der Waals surface area contributed by atoms with E-state index in [4.69, 9.17) is 0 Å². The molecule has 0 aliphatic carbocycles. The van der Waals surface area contributed by atoms with Crippen molar-refractivity contribution in [2.24, 2.45) is 5.41 Å². The maximum absolute atomic E-state index is 12.0. The zero-order valence-corrected chi connectivity index (χ0v) is 13.3. The van der Waals surface area contributed by atoms with Gasteiger partial charge in [0.1, 0.15) is 5.82 Å². The van der Waals surface area contributed by atoms with Gasteiger partial charge in [0.2, 0.25) is 5.91 Å². The number of fused-ring (bicyclic) bond motifs is 1. The van der Waals surface area contributed by atoms with Crippen LogP contribution >= 0.6 is 0 Å². The average molecular weight is 295 g/mol. The molecule has 1 aliphatic rings. The van der Waals surface area contributed by atoms with Crippen molar-refractivity contribution in [1.29, 1.82) is 0 Å². The number of nitrogens with zero attached hydrogens (tertiary/aromatic N) is 2. The van der Waals surface area contributed by atoms with E-state index in [2.05, 4.69) is 39.5 Å². The molecule has 0 bridgehead atoms. The lowest BCUT2D eigenvalue weighted by Crippen LogP contribution is -2.27. The number of rotatable bonds is 2. The first-order valence-electron chi connectivity index (χ1n) is 7.58. The molecule has 22 heavy (non-hydrogen) atoms. The van der Waals surface area contributed by atoms with Gasteiger partial charge in [0, 0.05) is 17.6 Å². The Bertz CT molecular complexity index is 686. The lowest BCUT2D eigenvalue weighted by Gasteiger charge is -2.20. The van der Waals surface area contributed by atoms with Crippen molar-refractivity contribution >= 4 is 23.1 Å². The van der Waals surface area contributed by atoms with Gasteiger partial charge >= 0.3 is 0 Å². The number of para-hydroxylation sites is 1. The van der Waals surface area contributed by atoms with Gasteiger partial charge < -0.3 is 10.2 Å². The van der Waals surface area contributed by atoms with Gasteiger partial charge in [-0.1, -0.05) is 39.0 Å². The van der Waals surface area contributed by atoms with E-state index < -0.39 is 5.41 Å². The van der Waals surface area contributed by atoms with E-state index in [0.717, 1.165) is 24.5 Å². The third kappa shape index (κ3) is 2.82. The Morgan fingerprint density at radius 1 is 1.18 bits per heavy atom. The number of pyridine rings is 1. The molecule has 1 aromatic carbocycles. The number of carbonyl (C=O) groups is 1.